The van der Waals surface area contributed by atoms with E-state index in [1.54, 1.807) is 4.68 Å². The molecule has 168 valence electrons. The van der Waals surface area contributed by atoms with Crippen molar-refractivity contribution < 1.29 is 18.0 Å². The van der Waals surface area contributed by atoms with Crippen LogP contribution in [0, 0.1) is 20.8 Å². The highest BCUT2D eigenvalue weighted by Gasteiger charge is 2.36. The fraction of sp³-hybridized carbons (Fsp3) is 0.364. The zero-order chi connectivity index (χ0) is 23.0. The summed E-state index contributed by atoms with van der Waals surface area (Å²) in [6.07, 6.45) is -4.57. The van der Waals surface area contributed by atoms with Gasteiger partial charge >= 0.3 is 6.18 Å². The minimum absolute atomic E-state index is 0.297. The number of aryl methyl sites for hydroxylation is 1. The first kappa shape index (κ1) is 21.8. The summed E-state index contributed by atoms with van der Waals surface area (Å²) >= 11 is 0. The topological polar surface area (TPSA) is 67.2 Å². The summed E-state index contributed by atoms with van der Waals surface area (Å²) in [5, 5.41) is 13.1. The third-order valence-corrected chi connectivity index (χ3v) is 5.86. The molecule has 1 amide bonds. The number of nitrogens with zero attached hydrogens (tertiary/aromatic N) is 6. The van der Waals surface area contributed by atoms with Crippen LogP contribution in [0.2, 0.25) is 0 Å². The van der Waals surface area contributed by atoms with E-state index in [1.807, 2.05) is 37.8 Å². The summed E-state index contributed by atoms with van der Waals surface area (Å²) < 4.78 is 41.5. The van der Waals surface area contributed by atoms with Gasteiger partial charge in [0.2, 0.25) is 0 Å². The average molecular weight is 444 g/mol. The minimum atomic E-state index is -4.57. The van der Waals surface area contributed by atoms with E-state index in [9.17, 15) is 18.0 Å². The van der Waals surface area contributed by atoms with Crippen molar-refractivity contribution in [2.45, 2.75) is 26.9 Å². The number of amides is 1. The van der Waals surface area contributed by atoms with Gasteiger partial charge in [-0.1, -0.05) is 12.1 Å². The standard InChI is InChI=1S/C22H23F3N6O/c1-14-15(2)28-31(16(14)3)20-9-8-19(26-27-20)29-10-12-30(13-11-29)21(32)17-6-4-5-7-18(17)22(23,24)25/h4-9H,10-13H2,1-3H3. The van der Waals surface area contributed by atoms with Gasteiger partial charge in [0.1, 0.15) is 0 Å². The van der Waals surface area contributed by atoms with Gasteiger partial charge in [-0.05, 0) is 50.6 Å². The number of benzene rings is 1. The van der Waals surface area contributed by atoms with Gasteiger partial charge in [0, 0.05) is 31.9 Å². The van der Waals surface area contributed by atoms with Crippen molar-refractivity contribution >= 4 is 11.7 Å². The molecule has 1 saturated heterocycles. The summed E-state index contributed by atoms with van der Waals surface area (Å²) in [4.78, 5) is 16.1. The lowest BCUT2D eigenvalue weighted by Gasteiger charge is -2.35. The Morgan fingerprint density at radius 1 is 0.906 bits per heavy atom. The molecule has 1 fully saturated rings. The highest BCUT2D eigenvalue weighted by molar-refractivity contribution is 5.96. The first-order chi connectivity index (χ1) is 15.2. The van der Waals surface area contributed by atoms with E-state index >= 15 is 0 Å². The molecule has 0 saturated carbocycles. The maximum atomic E-state index is 13.3. The molecule has 3 aromatic rings. The molecule has 1 aliphatic rings. The molecule has 0 spiro atoms. The number of halogens is 3. The molecule has 1 aromatic carbocycles. The van der Waals surface area contributed by atoms with Crippen LogP contribution < -0.4 is 4.90 Å². The van der Waals surface area contributed by atoms with Gasteiger partial charge in [0.25, 0.3) is 5.91 Å². The van der Waals surface area contributed by atoms with Crippen LogP contribution in [-0.4, -0.2) is 57.0 Å². The van der Waals surface area contributed by atoms with E-state index in [0.717, 1.165) is 23.0 Å². The molecular weight excluding hydrogens is 421 g/mol. The number of carbonyl (C=O) groups is 1. The monoisotopic (exact) mass is 444 g/mol. The smallest absolute Gasteiger partial charge is 0.352 e. The molecule has 0 bridgehead atoms. The fourth-order valence-electron chi connectivity index (χ4n) is 3.77. The fourth-order valence-corrected chi connectivity index (χ4v) is 3.77. The second-order valence-electron chi connectivity index (χ2n) is 7.78. The summed E-state index contributed by atoms with van der Waals surface area (Å²) in [7, 11) is 0. The van der Waals surface area contributed by atoms with Crippen molar-refractivity contribution in [2.75, 3.05) is 31.1 Å². The predicted octanol–water partition coefficient (Wildman–Crippen LogP) is 3.57. The molecule has 32 heavy (non-hydrogen) atoms. The van der Waals surface area contributed by atoms with Crippen molar-refractivity contribution in [3.8, 4) is 5.82 Å². The largest absolute Gasteiger partial charge is 0.417 e. The van der Waals surface area contributed by atoms with Crippen LogP contribution >= 0.6 is 0 Å². The number of carbonyl (C=O) groups excluding carboxylic acids is 1. The van der Waals surface area contributed by atoms with Crippen molar-refractivity contribution in [2.24, 2.45) is 0 Å². The molecule has 7 nitrogen and oxygen atoms in total. The van der Waals surface area contributed by atoms with Crippen molar-refractivity contribution in [3.63, 3.8) is 0 Å². The Hall–Kier alpha value is -3.43. The first-order valence-electron chi connectivity index (χ1n) is 10.2. The SMILES string of the molecule is Cc1nn(-c2ccc(N3CCN(C(=O)c4ccccc4C(F)(F)F)CC3)nn2)c(C)c1C. The molecule has 0 atom stereocenters. The number of anilines is 1. The predicted molar refractivity (Wildman–Crippen MR) is 113 cm³/mol. The Balaban J connectivity index is 1.44. The molecule has 3 heterocycles. The number of aromatic nitrogens is 4. The average Bonchev–Trinajstić information content (AvgIpc) is 3.05. The molecular formula is C22H23F3N6O. The van der Waals surface area contributed by atoms with E-state index in [1.165, 1.54) is 23.1 Å². The van der Waals surface area contributed by atoms with Crippen LogP contribution in [0.4, 0.5) is 19.0 Å². The molecule has 0 unspecified atom stereocenters. The van der Waals surface area contributed by atoms with Gasteiger partial charge in [-0.25, -0.2) is 4.68 Å². The van der Waals surface area contributed by atoms with Crippen LogP contribution in [-0.2, 0) is 6.18 Å². The summed E-state index contributed by atoms with van der Waals surface area (Å²) in [6.45, 7) is 7.41. The third kappa shape index (κ3) is 4.04. The Labute approximate surface area is 183 Å². The molecule has 0 N–H and O–H groups in total. The lowest BCUT2D eigenvalue weighted by Crippen LogP contribution is -2.49. The Morgan fingerprint density at radius 3 is 2.09 bits per heavy atom. The summed E-state index contributed by atoms with van der Waals surface area (Å²) in [5.74, 6) is 0.647. The number of hydrogen-bond acceptors (Lipinski definition) is 5. The molecule has 10 heteroatoms. The van der Waals surface area contributed by atoms with Gasteiger partial charge in [0.05, 0.1) is 16.8 Å². The minimum Gasteiger partial charge on any atom is -0.352 e. The maximum absolute atomic E-state index is 13.3. The zero-order valence-corrected chi connectivity index (χ0v) is 18.0. The van der Waals surface area contributed by atoms with E-state index in [-0.39, 0.29) is 5.56 Å². The summed E-state index contributed by atoms with van der Waals surface area (Å²) in [5.41, 5.74) is 1.80. The molecule has 1 aliphatic heterocycles. The van der Waals surface area contributed by atoms with E-state index in [4.69, 9.17) is 0 Å². The van der Waals surface area contributed by atoms with E-state index in [2.05, 4.69) is 15.3 Å². The zero-order valence-electron chi connectivity index (χ0n) is 18.0. The van der Waals surface area contributed by atoms with Crippen LogP contribution in [0.25, 0.3) is 5.82 Å². The van der Waals surface area contributed by atoms with Crippen molar-refractivity contribution in [1.29, 1.82) is 0 Å². The van der Waals surface area contributed by atoms with E-state index in [0.29, 0.717) is 37.8 Å². The highest BCUT2D eigenvalue weighted by Crippen LogP contribution is 2.32. The van der Waals surface area contributed by atoms with Crippen LogP contribution in [0.1, 0.15) is 32.9 Å². The molecule has 4 rings (SSSR count). The number of alkyl halides is 3. The van der Waals surface area contributed by atoms with Crippen molar-refractivity contribution in [1.82, 2.24) is 24.9 Å². The van der Waals surface area contributed by atoms with Crippen LogP contribution in [0.5, 0.6) is 0 Å². The van der Waals surface area contributed by atoms with Crippen LogP contribution in [0.15, 0.2) is 36.4 Å². The van der Waals surface area contributed by atoms with Gasteiger partial charge in [-0.15, -0.1) is 10.2 Å². The van der Waals surface area contributed by atoms with Crippen LogP contribution in [0.3, 0.4) is 0 Å². The normalized spacial score (nSPS) is 14.7. The lowest BCUT2D eigenvalue weighted by atomic mass is 10.1. The summed E-state index contributed by atoms with van der Waals surface area (Å²) in [6, 6.07) is 8.56. The first-order valence-corrected chi connectivity index (χ1v) is 10.2. The molecule has 2 aromatic heterocycles. The van der Waals surface area contributed by atoms with E-state index < -0.39 is 17.6 Å². The van der Waals surface area contributed by atoms with Gasteiger partial charge in [0.15, 0.2) is 11.6 Å². The number of hydrogen-bond donors (Lipinski definition) is 0. The Morgan fingerprint density at radius 2 is 1.53 bits per heavy atom. The lowest BCUT2D eigenvalue weighted by molar-refractivity contribution is -0.138. The van der Waals surface area contributed by atoms with Gasteiger partial charge < -0.3 is 9.80 Å². The molecule has 0 radical (unpaired) electrons. The second kappa shape index (κ2) is 8.25. The quantitative estimate of drug-likeness (QED) is 0.618. The molecule has 0 aliphatic carbocycles. The van der Waals surface area contributed by atoms with Gasteiger partial charge in [-0.3, -0.25) is 4.79 Å². The van der Waals surface area contributed by atoms with Gasteiger partial charge in [-0.2, -0.15) is 18.3 Å². The maximum Gasteiger partial charge on any atom is 0.417 e. The number of piperazine rings is 1. The van der Waals surface area contributed by atoms with Crippen molar-refractivity contribution in [3.05, 3.63) is 64.5 Å². The third-order valence-electron chi connectivity index (χ3n) is 5.86. The highest BCUT2D eigenvalue weighted by atomic mass is 19.4. The Kier molecular flexibility index (Phi) is 5.62. The second-order valence-corrected chi connectivity index (χ2v) is 7.78. The Bertz CT molecular complexity index is 1130. The number of rotatable bonds is 3.